The molecule has 20 heavy (non-hydrogen) atoms. The van der Waals surface area contributed by atoms with Crippen LogP contribution >= 0.6 is 0 Å². The summed E-state index contributed by atoms with van der Waals surface area (Å²) in [5.74, 6) is -0.983. The maximum Gasteiger partial charge on any atom is 0.326 e. The molecule has 2 aliphatic rings. The second-order valence-electron chi connectivity index (χ2n) is 5.99. The first-order chi connectivity index (χ1) is 9.51. The molecule has 2 saturated heterocycles. The highest BCUT2D eigenvalue weighted by Crippen LogP contribution is 2.32. The molecule has 0 aromatic heterocycles. The number of carbonyl (C=O) groups excluding carboxylic acids is 1. The number of amides is 2. The van der Waals surface area contributed by atoms with Gasteiger partial charge < -0.3 is 20.6 Å². The fourth-order valence-corrected chi connectivity index (χ4v) is 3.46. The molecule has 3 unspecified atom stereocenters. The predicted molar refractivity (Wildman–Crippen MR) is 75.6 cm³/mol. The molecule has 2 bridgehead atoms. The zero-order valence-corrected chi connectivity index (χ0v) is 12.3. The van der Waals surface area contributed by atoms with E-state index < -0.39 is 12.0 Å². The van der Waals surface area contributed by atoms with Gasteiger partial charge >= 0.3 is 12.0 Å². The van der Waals surface area contributed by atoms with Crippen molar-refractivity contribution in [2.45, 2.75) is 69.6 Å². The standard InChI is InChI=1S/C14H25N3O3/c1-3-12(13(18)19)16-14(20)15-9-7-10-5-4-6-11(8-9)17(10)2/h9-12H,3-8H2,1-2H3,(H,18,19)(H2,15,16,20). The van der Waals surface area contributed by atoms with Gasteiger partial charge in [0.05, 0.1) is 0 Å². The SMILES string of the molecule is CCC(NC(=O)NC1CC2CCCC(C1)N2C)C(=O)O. The second kappa shape index (κ2) is 6.43. The fourth-order valence-electron chi connectivity index (χ4n) is 3.46. The van der Waals surface area contributed by atoms with Gasteiger partial charge in [0.1, 0.15) is 6.04 Å². The Labute approximate surface area is 119 Å². The fraction of sp³-hybridized carbons (Fsp3) is 0.857. The molecule has 3 N–H and O–H groups in total. The summed E-state index contributed by atoms with van der Waals surface area (Å²) in [5, 5.41) is 14.4. The van der Waals surface area contributed by atoms with Crippen molar-refractivity contribution >= 4 is 12.0 Å². The molecule has 0 radical (unpaired) electrons. The number of piperidine rings is 2. The van der Waals surface area contributed by atoms with Crippen molar-refractivity contribution in [3.05, 3.63) is 0 Å². The number of nitrogens with one attached hydrogen (secondary N) is 2. The van der Waals surface area contributed by atoms with Gasteiger partial charge in [0.2, 0.25) is 0 Å². The van der Waals surface area contributed by atoms with Crippen molar-refractivity contribution in [3.63, 3.8) is 0 Å². The van der Waals surface area contributed by atoms with Crippen LogP contribution in [0.4, 0.5) is 4.79 Å². The Hall–Kier alpha value is -1.30. The summed E-state index contributed by atoms with van der Waals surface area (Å²) >= 11 is 0. The zero-order chi connectivity index (χ0) is 14.7. The van der Waals surface area contributed by atoms with Gasteiger partial charge in [0.15, 0.2) is 0 Å². The van der Waals surface area contributed by atoms with Gasteiger partial charge in [-0.25, -0.2) is 9.59 Å². The number of fused-ring (bicyclic) bond motifs is 2. The minimum Gasteiger partial charge on any atom is -0.480 e. The second-order valence-corrected chi connectivity index (χ2v) is 5.99. The van der Waals surface area contributed by atoms with Crippen molar-refractivity contribution in [2.75, 3.05) is 7.05 Å². The summed E-state index contributed by atoms with van der Waals surface area (Å²) in [5.41, 5.74) is 0. The summed E-state index contributed by atoms with van der Waals surface area (Å²) < 4.78 is 0. The topological polar surface area (TPSA) is 81.7 Å². The molecule has 114 valence electrons. The molecule has 0 aromatic rings. The van der Waals surface area contributed by atoms with Crippen molar-refractivity contribution < 1.29 is 14.7 Å². The minimum absolute atomic E-state index is 0.160. The lowest BCUT2D eigenvalue weighted by atomic mass is 9.82. The van der Waals surface area contributed by atoms with Crippen LogP contribution in [0.1, 0.15) is 45.4 Å². The Morgan fingerprint density at radius 1 is 1.30 bits per heavy atom. The Morgan fingerprint density at radius 3 is 2.40 bits per heavy atom. The number of urea groups is 1. The lowest BCUT2D eigenvalue weighted by Gasteiger charge is -2.47. The van der Waals surface area contributed by atoms with E-state index in [1.165, 1.54) is 19.3 Å². The molecule has 0 spiro atoms. The highest BCUT2D eigenvalue weighted by Gasteiger charge is 2.36. The Balaban J connectivity index is 1.84. The maximum atomic E-state index is 11.9. The molecule has 2 fully saturated rings. The number of aliphatic carboxylic acids is 1. The highest BCUT2D eigenvalue weighted by molar-refractivity contribution is 5.82. The van der Waals surface area contributed by atoms with Gasteiger partial charge in [-0.1, -0.05) is 13.3 Å². The Bertz CT molecular complexity index is 361. The Kier molecular flexibility index (Phi) is 4.86. The van der Waals surface area contributed by atoms with E-state index in [0.29, 0.717) is 18.5 Å². The molecule has 2 amide bonds. The smallest absolute Gasteiger partial charge is 0.326 e. The van der Waals surface area contributed by atoms with Crippen molar-refractivity contribution in [3.8, 4) is 0 Å². The number of hydrogen-bond donors (Lipinski definition) is 3. The lowest BCUT2D eigenvalue weighted by molar-refractivity contribution is -0.139. The molecule has 0 saturated carbocycles. The number of carboxylic acid groups (broad SMARTS) is 1. The van der Waals surface area contributed by atoms with E-state index >= 15 is 0 Å². The van der Waals surface area contributed by atoms with Crippen molar-refractivity contribution in [2.24, 2.45) is 0 Å². The van der Waals surface area contributed by atoms with Gasteiger partial charge in [-0.05, 0) is 39.2 Å². The van der Waals surface area contributed by atoms with Crippen LogP contribution in [-0.2, 0) is 4.79 Å². The third kappa shape index (κ3) is 3.42. The van der Waals surface area contributed by atoms with E-state index in [4.69, 9.17) is 5.11 Å². The largest absolute Gasteiger partial charge is 0.480 e. The molecule has 0 aromatic carbocycles. The molecule has 2 heterocycles. The van der Waals surface area contributed by atoms with E-state index in [2.05, 4.69) is 22.6 Å². The average molecular weight is 283 g/mol. The molecular formula is C14H25N3O3. The van der Waals surface area contributed by atoms with Gasteiger partial charge in [-0.3, -0.25) is 0 Å². The molecule has 2 aliphatic heterocycles. The first-order valence-corrected chi connectivity index (χ1v) is 7.53. The van der Waals surface area contributed by atoms with Gasteiger partial charge in [-0.2, -0.15) is 0 Å². The maximum absolute atomic E-state index is 11.9. The van der Waals surface area contributed by atoms with Crippen LogP contribution in [-0.4, -0.2) is 53.2 Å². The van der Waals surface area contributed by atoms with E-state index in [-0.39, 0.29) is 12.1 Å². The molecular weight excluding hydrogens is 258 g/mol. The van der Waals surface area contributed by atoms with Crippen LogP contribution in [0.25, 0.3) is 0 Å². The van der Waals surface area contributed by atoms with Crippen LogP contribution in [0.2, 0.25) is 0 Å². The van der Waals surface area contributed by atoms with Crippen molar-refractivity contribution in [1.29, 1.82) is 0 Å². The normalized spacial score (nSPS) is 31.4. The van der Waals surface area contributed by atoms with Crippen LogP contribution in [0.15, 0.2) is 0 Å². The Morgan fingerprint density at radius 2 is 1.90 bits per heavy atom. The third-order valence-corrected chi connectivity index (χ3v) is 4.69. The summed E-state index contributed by atoms with van der Waals surface area (Å²) in [6.07, 6.45) is 5.98. The third-order valence-electron chi connectivity index (χ3n) is 4.69. The zero-order valence-electron chi connectivity index (χ0n) is 12.3. The minimum atomic E-state index is -0.983. The first-order valence-electron chi connectivity index (χ1n) is 7.53. The quantitative estimate of drug-likeness (QED) is 0.723. The van der Waals surface area contributed by atoms with Crippen LogP contribution in [0.5, 0.6) is 0 Å². The molecule has 6 heteroatoms. The summed E-state index contributed by atoms with van der Waals surface area (Å²) in [6.45, 7) is 1.75. The van der Waals surface area contributed by atoms with Gasteiger partial charge in [0, 0.05) is 18.1 Å². The van der Waals surface area contributed by atoms with Crippen LogP contribution in [0.3, 0.4) is 0 Å². The van der Waals surface area contributed by atoms with Crippen LogP contribution < -0.4 is 10.6 Å². The summed E-state index contributed by atoms with van der Waals surface area (Å²) in [6, 6.07) is 0.101. The monoisotopic (exact) mass is 283 g/mol. The van der Waals surface area contributed by atoms with Crippen molar-refractivity contribution in [1.82, 2.24) is 15.5 Å². The number of carboxylic acids is 1. The van der Waals surface area contributed by atoms with E-state index in [1.54, 1.807) is 6.92 Å². The van der Waals surface area contributed by atoms with Crippen LogP contribution in [0, 0.1) is 0 Å². The summed E-state index contributed by atoms with van der Waals surface area (Å²) in [7, 11) is 2.17. The number of hydrogen-bond acceptors (Lipinski definition) is 3. The summed E-state index contributed by atoms with van der Waals surface area (Å²) in [4.78, 5) is 25.2. The molecule has 6 nitrogen and oxygen atoms in total. The highest BCUT2D eigenvalue weighted by atomic mass is 16.4. The number of carbonyl (C=O) groups is 2. The first kappa shape index (κ1) is 15.1. The molecule has 2 rings (SSSR count). The van der Waals surface area contributed by atoms with Gasteiger partial charge in [-0.15, -0.1) is 0 Å². The number of rotatable bonds is 4. The van der Waals surface area contributed by atoms with E-state index in [9.17, 15) is 9.59 Å². The van der Waals surface area contributed by atoms with Gasteiger partial charge in [0.25, 0.3) is 0 Å². The van der Waals surface area contributed by atoms with E-state index in [0.717, 1.165) is 12.8 Å². The molecule has 3 atom stereocenters. The lowest BCUT2D eigenvalue weighted by Crippen LogP contribution is -2.57. The predicted octanol–water partition coefficient (Wildman–Crippen LogP) is 1.16. The average Bonchev–Trinajstić information content (AvgIpc) is 2.37. The van der Waals surface area contributed by atoms with E-state index in [1.807, 2.05) is 0 Å². The molecule has 0 aliphatic carbocycles. The number of nitrogens with zero attached hydrogens (tertiary/aromatic N) is 1.